The van der Waals surface area contributed by atoms with E-state index in [-0.39, 0.29) is 35.6 Å². The molecule has 13 heteroatoms. The first-order valence-electron chi connectivity index (χ1n) is 13.3. The van der Waals surface area contributed by atoms with Crippen molar-refractivity contribution in [3.05, 3.63) is 48.3 Å². The smallest absolute Gasteiger partial charge is 0.222 e. The number of nitrogens with zero attached hydrogens (tertiary/aromatic N) is 4. The van der Waals surface area contributed by atoms with Crippen LogP contribution in [0.5, 0.6) is 0 Å². The molecule has 3 unspecified atom stereocenters. The standard InChI is InChI=1S/C28H34N6O6S/c1-17-14-34(15-18(2)40-17)21-5-6-23(29-12-21)22-13-30-25(31-19(3)35)11-24(22)32-26-9-20(28(36)7-8-39-16-28)10-27(33-26)41(4,37)38/h5-6,9-13,17-18,36H,7-8,14-16H2,1-4H3,(H2,30,31,32,33,35). The second-order valence-corrected chi connectivity index (χ2v) is 12.6. The molecule has 12 nitrogen and oxygen atoms in total. The Hall–Kier alpha value is -3.65. The van der Waals surface area contributed by atoms with E-state index in [9.17, 15) is 18.3 Å². The number of pyridine rings is 3. The van der Waals surface area contributed by atoms with Crippen LogP contribution in [-0.4, -0.2) is 79.2 Å². The maximum Gasteiger partial charge on any atom is 0.222 e. The van der Waals surface area contributed by atoms with Crippen molar-refractivity contribution in [2.24, 2.45) is 0 Å². The van der Waals surface area contributed by atoms with E-state index in [2.05, 4.69) is 25.5 Å². The molecular formula is C28H34N6O6S. The van der Waals surface area contributed by atoms with Gasteiger partial charge in [-0.1, -0.05) is 0 Å². The molecule has 0 saturated carbocycles. The minimum absolute atomic E-state index is 0.0454. The van der Waals surface area contributed by atoms with E-state index in [4.69, 9.17) is 14.5 Å². The van der Waals surface area contributed by atoms with E-state index in [1.54, 1.807) is 24.5 Å². The van der Waals surface area contributed by atoms with Crippen LogP contribution in [0.15, 0.2) is 47.8 Å². The lowest BCUT2D eigenvalue weighted by atomic mass is 9.94. The lowest BCUT2D eigenvalue weighted by Gasteiger charge is -2.36. The molecule has 218 valence electrons. The van der Waals surface area contributed by atoms with Crippen LogP contribution in [0.4, 0.5) is 23.0 Å². The third-order valence-electron chi connectivity index (χ3n) is 7.00. The van der Waals surface area contributed by atoms with Crippen LogP contribution in [-0.2, 0) is 29.7 Å². The van der Waals surface area contributed by atoms with Crippen molar-refractivity contribution in [1.29, 1.82) is 0 Å². The number of anilines is 4. The second-order valence-electron chi connectivity index (χ2n) is 10.7. The number of aliphatic hydroxyl groups is 1. The third-order valence-corrected chi connectivity index (χ3v) is 7.97. The minimum Gasteiger partial charge on any atom is -0.383 e. The number of aromatic nitrogens is 3. The molecule has 1 amide bonds. The molecule has 2 aliphatic rings. The summed E-state index contributed by atoms with van der Waals surface area (Å²) in [7, 11) is -3.70. The normalized spacial score (nSPS) is 22.9. The fraction of sp³-hybridized carbons (Fsp3) is 0.429. The molecule has 5 heterocycles. The predicted molar refractivity (Wildman–Crippen MR) is 154 cm³/mol. The van der Waals surface area contributed by atoms with E-state index in [1.165, 1.54) is 13.0 Å². The van der Waals surface area contributed by atoms with Gasteiger partial charge in [-0.15, -0.1) is 0 Å². The highest BCUT2D eigenvalue weighted by molar-refractivity contribution is 7.90. The van der Waals surface area contributed by atoms with E-state index < -0.39 is 15.4 Å². The van der Waals surface area contributed by atoms with Gasteiger partial charge in [-0.2, -0.15) is 0 Å². The number of hydrogen-bond donors (Lipinski definition) is 3. The Morgan fingerprint density at radius 2 is 1.85 bits per heavy atom. The first-order chi connectivity index (χ1) is 19.4. The van der Waals surface area contributed by atoms with Gasteiger partial charge in [0, 0.05) is 57.1 Å². The zero-order chi connectivity index (χ0) is 29.4. The Labute approximate surface area is 239 Å². The van der Waals surface area contributed by atoms with Crippen LogP contribution >= 0.6 is 0 Å². The number of nitrogens with one attached hydrogen (secondary N) is 2. The van der Waals surface area contributed by atoms with E-state index in [1.807, 2.05) is 26.0 Å². The van der Waals surface area contributed by atoms with E-state index >= 15 is 0 Å². The summed E-state index contributed by atoms with van der Waals surface area (Å²) in [5.74, 6) is 0.187. The van der Waals surface area contributed by atoms with Crippen molar-refractivity contribution in [2.45, 2.75) is 50.0 Å². The van der Waals surface area contributed by atoms with Crippen molar-refractivity contribution < 1.29 is 27.8 Å². The predicted octanol–water partition coefficient (Wildman–Crippen LogP) is 2.87. The van der Waals surface area contributed by atoms with E-state index in [0.717, 1.165) is 25.0 Å². The summed E-state index contributed by atoms with van der Waals surface area (Å²) in [6, 6.07) is 8.46. The molecule has 0 bridgehead atoms. The van der Waals surface area contributed by atoms with Gasteiger partial charge in [0.25, 0.3) is 0 Å². The van der Waals surface area contributed by atoms with Gasteiger partial charge in [0.15, 0.2) is 14.9 Å². The van der Waals surface area contributed by atoms with Crippen LogP contribution in [0.2, 0.25) is 0 Å². The average molecular weight is 583 g/mol. The van der Waals surface area contributed by atoms with Gasteiger partial charge in [-0.3, -0.25) is 9.78 Å². The lowest BCUT2D eigenvalue weighted by molar-refractivity contribution is -0.114. The lowest BCUT2D eigenvalue weighted by Crippen LogP contribution is -2.45. The van der Waals surface area contributed by atoms with Crippen molar-refractivity contribution >= 4 is 38.8 Å². The summed E-state index contributed by atoms with van der Waals surface area (Å²) >= 11 is 0. The number of sulfone groups is 1. The van der Waals surface area contributed by atoms with Crippen LogP contribution in [0.3, 0.4) is 0 Å². The topological polar surface area (TPSA) is 156 Å². The molecule has 3 aromatic rings. The highest BCUT2D eigenvalue weighted by atomic mass is 32.2. The maximum absolute atomic E-state index is 12.5. The average Bonchev–Trinajstić information content (AvgIpc) is 3.35. The Morgan fingerprint density at radius 1 is 1.10 bits per heavy atom. The van der Waals surface area contributed by atoms with Crippen molar-refractivity contribution in [1.82, 2.24) is 15.0 Å². The molecular weight excluding hydrogens is 548 g/mol. The van der Waals surface area contributed by atoms with Gasteiger partial charge in [0.05, 0.1) is 42.1 Å². The molecule has 2 saturated heterocycles. The molecule has 5 rings (SSSR count). The monoisotopic (exact) mass is 582 g/mol. The van der Waals surface area contributed by atoms with E-state index in [0.29, 0.717) is 41.4 Å². The van der Waals surface area contributed by atoms with Crippen molar-refractivity contribution in [2.75, 3.05) is 48.1 Å². The molecule has 2 aliphatic heterocycles. The Morgan fingerprint density at radius 3 is 2.46 bits per heavy atom. The highest BCUT2D eigenvalue weighted by Gasteiger charge is 2.35. The summed E-state index contributed by atoms with van der Waals surface area (Å²) in [5, 5.41) is 16.8. The number of carbonyl (C=O) groups excluding carboxylic acids is 1. The zero-order valence-electron chi connectivity index (χ0n) is 23.4. The van der Waals surface area contributed by atoms with Gasteiger partial charge < -0.3 is 30.1 Å². The summed E-state index contributed by atoms with van der Waals surface area (Å²) < 4.78 is 36.2. The SMILES string of the molecule is CC(=O)Nc1cc(Nc2cc(C3(O)CCOC3)cc(S(C)(=O)=O)n2)c(-c2ccc(N3CC(C)OC(C)C3)cn2)cn1. The highest BCUT2D eigenvalue weighted by Crippen LogP contribution is 2.35. The third kappa shape index (κ3) is 6.64. The maximum atomic E-state index is 12.5. The molecule has 2 fully saturated rings. The van der Waals surface area contributed by atoms with Crippen molar-refractivity contribution in [3.8, 4) is 11.3 Å². The van der Waals surface area contributed by atoms with Gasteiger partial charge >= 0.3 is 0 Å². The number of carbonyl (C=O) groups is 1. The second kappa shape index (κ2) is 11.3. The molecule has 3 N–H and O–H groups in total. The van der Waals surface area contributed by atoms with Gasteiger partial charge in [0.1, 0.15) is 17.2 Å². The van der Waals surface area contributed by atoms with Gasteiger partial charge in [-0.05, 0) is 43.7 Å². The number of ether oxygens (including phenoxy) is 2. The molecule has 41 heavy (non-hydrogen) atoms. The molecule has 0 radical (unpaired) electrons. The summed E-state index contributed by atoms with van der Waals surface area (Å²) in [6.45, 7) is 7.38. The molecule has 0 spiro atoms. The van der Waals surface area contributed by atoms with Crippen LogP contribution in [0.1, 0.15) is 32.8 Å². The largest absolute Gasteiger partial charge is 0.383 e. The van der Waals surface area contributed by atoms with Crippen LogP contribution in [0, 0.1) is 0 Å². The first kappa shape index (κ1) is 28.9. The fourth-order valence-electron chi connectivity index (χ4n) is 5.08. The molecule has 3 atom stereocenters. The quantitative estimate of drug-likeness (QED) is 0.376. The summed E-state index contributed by atoms with van der Waals surface area (Å²) in [6.07, 6.45) is 4.97. The first-order valence-corrected chi connectivity index (χ1v) is 15.2. The van der Waals surface area contributed by atoms with Gasteiger partial charge in [-0.25, -0.2) is 18.4 Å². The molecule has 0 aromatic carbocycles. The number of hydrogen-bond acceptors (Lipinski definition) is 11. The number of morpholine rings is 1. The molecule has 3 aromatic heterocycles. The Kier molecular flexibility index (Phi) is 7.97. The van der Waals surface area contributed by atoms with Crippen LogP contribution < -0.4 is 15.5 Å². The zero-order valence-corrected chi connectivity index (χ0v) is 24.2. The fourth-order valence-corrected chi connectivity index (χ4v) is 5.69. The Balaban J connectivity index is 1.53. The van der Waals surface area contributed by atoms with Crippen molar-refractivity contribution in [3.63, 3.8) is 0 Å². The number of amides is 1. The van der Waals surface area contributed by atoms with Crippen LogP contribution in [0.25, 0.3) is 11.3 Å². The Bertz CT molecular complexity index is 1530. The summed E-state index contributed by atoms with van der Waals surface area (Å²) in [5.41, 5.74) is 1.69. The van der Waals surface area contributed by atoms with Gasteiger partial charge in [0.2, 0.25) is 5.91 Å². The number of rotatable bonds is 7. The minimum atomic E-state index is -3.70. The molecule has 0 aliphatic carbocycles. The summed E-state index contributed by atoms with van der Waals surface area (Å²) in [4.78, 5) is 27.3.